The van der Waals surface area contributed by atoms with Crippen LogP contribution in [0.15, 0.2) is 29.5 Å². The minimum absolute atomic E-state index is 0.0310. The van der Waals surface area contributed by atoms with Crippen molar-refractivity contribution in [3.05, 3.63) is 45.1 Å². The largest absolute Gasteiger partial charge is 0.383 e. The van der Waals surface area contributed by atoms with Crippen molar-refractivity contribution in [1.29, 1.82) is 0 Å². The Morgan fingerprint density at radius 2 is 1.91 bits per heavy atom. The molecule has 11 heteroatoms. The lowest BCUT2D eigenvalue weighted by Crippen LogP contribution is -2.52. The number of piperazine rings is 1. The Hall–Kier alpha value is -2.33. The molecule has 1 aromatic carbocycles. The van der Waals surface area contributed by atoms with Gasteiger partial charge in [-0.25, -0.2) is 4.79 Å². The molecule has 34 heavy (non-hydrogen) atoms. The van der Waals surface area contributed by atoms with E-state index in [1.807, 2.05) is 6.92 Å². The summed E-state index contributed by atoms with van der Waals surface area (Å²) in [5.41, 5.74) is 1.66. The number of amides is 4. The van der Waals surface area contributed by atoms with Crippen molar-refractivity contribution < 1.29 is 19.1 Å². The molecular weight excluding hydrogens is 481 g/mol. The molecule has 0 aromatic heterocycles. The predicted molar refractivity (Wildman–Crippen MR) is 129 cm³/mol. The van der Waals surface area contributed by atoms with Crippen LogP contribution in [0.1, 0.15) is 18.5 Å². The Bertz CT molecular complexity index is 1010. The number of ether oxygens (including phenoxy) is 1. The smallest absolute Gasteiger partial charge is 0.322 e. The molecule has 0 saturated carbocycles. The number of likely N-dealkylation sites (N-methyl/N-ethyl adjacent to an activating group) is 1. The van der Waals surface area contributed by atoms with Crippen LogP contribution in [0.3, 0.4) is 0 Å². The van der Waals surface area contributed by atoms with Gasteiger partial charge in [-0.3, -0.25) is 19.4 Å². The highest BCUT2D eigenvalue weighted by Crippen LogP contribution is 2.39. The molecule has 0 spiro atoms. The van der Waals surface area contributed by atoms with Gasteiger partial charge in [0.05, 0.1) is 30.5 Å². The molecule has 1 fully saturated rings. The van der Waals surface area contributed by atoms with E-state index < -0.39 is 6.04 Å². The molecule has 184 valence electrons. The first-order valence-electron chi connectivity index (χ1n) is 11.4. The maximum atomic E-state index is 13.5. The molecule has 3 aliphatic heterocycles. The summed E-state index contributed by atoms with van der Waals surface area (Å²) >= 11 is 12.5. The Morgan fingerprint density at radius 3 is 2.56 bits per heavy atom. The molecule has 0 radical (unpaired) electrons. The number of nitrogens with zero attached hydrogens (tertiary/aromatic N) is 4. The molecule has 4 rings (SSSR count). The van der Waals surface area contributed by atoms with Crippen molar-refractivity contribution in [3.8, 4) is 0 Å². The lowest BCUT2D eigenvalue weighted by Gasteiger charge is -2.35. The van der Waals surface area contributed by atoms with E-state index in [9.17, 15) is 14.4 Å². The number of carbonyl (C=O) groups is 3. The summed E-state index contributed by atoms with van der Waals surface area (Å²) in [7, 11) is 1.68. The van der Waals surface area contributed by atoms with Gasteiger partial charge in [-0.05, 0) is 24.6 Å². The molecule has 0 unspecified atom stereocenters. The molecule has 3 aliphatic rings. The Kier molecular flexibility index (Phi) is 7.67. The number of rotatable bonds is 7. The van der Waals surface area contributed by atoms with E-state index >= 15 is 0 Å². The zero-order valence-electron chi connectivity index (χ0n) is 19.4. The van der Waals surface area contributed by atoms with Gasteiger partial charge in [0.25, 0.3) is 5.91 Å². The van der Waals surface area contributed by atoms with Gasteiger partial charge in [0.2, 0.25) is 5.91 Å². The fourth-order valence-electron chi connectivity index (χ4n) is 4.68. The Morgan fingerprint density at radius 1 is 1.18 bits per heavy atom. The topological polar surface area (TPSA) is 85.4 Å². The number of urea groups is 1. The molecule has 1 atom stereocenters. The second kappa shape index (κ2) is 10.5. The lowest BCUT2D eigenvalue weighted by atomic mass is 9.95. The lowest BCUT2D eigenvalue weighted by molar-refractivity contribution is -0.139. The van der Waals surface area contributed by atoms with E-state index in [0.717, 1.165) is 19.6 Å². The van der Waals surface area contributed by atoms with Crippen LogP contribution in [0.25, 0.3) is 0 Å². The van der Waals surface area contributed by atoms with Crippen LogP contribution in [-0.4, -0.2) is 104 Å². The van der Waals surface area contributed by atoms with E-state index in [1.54, 1.807) is 35.1 Å². The number of carbonyl (C=O) groups excluding carboxylic acids is 3. The molecule has 4 amide bonds. The molecule has 1 aromatic rings. The third kappa shape index (κ3) is 4.88. The molecule has 9 nitrogen and oxygen atoms in total. The van der Waals surface area contributed by atoms with Crippen molar-refractivity contribution in [2.45, 2.75) is 13.0 Å². The van der Waals surface area contributed by atoms with Crippen LogP contribution in [0, 0.1) is 0 Å². The van der Waals surface area contributed by atoms with E-state index in [4.69, 9.17) is 27.9 Å². The maximum absolute atomic E-state index is 13.5. The van der Waals surface area contributed by atoms with Gasteiger partial charge < -0.3 is 19.9 Å². The molecule has 0 aliphatic carbocycles. The highest BCUT2D eigenvalue weighted by Gasteiger charge is 2.44. The number of halogens is 2. The monoisotopic (exact) mass is 509 g/mol. The Balaban J connectivity index is 1.49. The first-order valence-corrected chi connectivity index (χ1v) is 12.1. The van der Waals surface area contributed by atoms with Gasteiger partial charge >= 0.3 is 6.03 Å². The SMILES string of the molecule is CCN1C(=O)N[C@@H](c2ccc(Cl)cc2Cl)C2=C1CN(CC(=O)N1CCN(CCOC)CC1)C2=O. The molecule has 1 N–H and O–H groups in total. The summed E-state index contributed by atoms with van der Waals surface area (Å²) in [6.45, 7) is 6.70. The van der Waals surface area contributed by atoms with Gasteiger partial charge in [-0.15, -0.1) is 0 Å². The van der Waals surface area contributed by atoms with Crippen molar-refractivity contribution in [2.75, 3.05) is 66.1 Å². The van der Waals surface area contributed by atoms with Crippen LogP contribution in [0.4, 0.5) is 4.79 Å². The van der Waals surface area contributed by atoms with Crippen molar-refractivity contribution in [3.63, 3.8) is 0 Å². The van der Waals surface area contributed by atoms with Gasteiger partial charge in [0.15, 0.2) is 0 Å². The maximum Gasteiger partial charge on any atom is 0.322 e. The number of benzene rings is 1. The quantitative estimate of drug-likeness (QED) is 0.607. The van der Waals surface area contributed by atoms with Gasteiger partial charge in [0, 0.05) is 56.4 Å². The van der Waals surface area contributed by atoms with Crippen LogP contribution < -0.4 is 5.32 Å². The summed E-state index contributed by atoms with van der Waals surface area (Å²) in [6, 6.07) is 3.97. The highest BCUT2D eigenvalue weighted by molar-refractivity contribution is 6.35. The number of nitrogens with one attached hydrogen (secondary N) is 1. The van der Waals surface area contributed by atoms with Crippen molar-refractivity contribution >= 4 is 41.0 Å². The predicted octanol–water partition coefficient (Wildman–Crippen LogP) is 1.97. The van der Waals surface area contributed by atoms with Gasteiger partial charge in [0.1, 0.15) is 6.54 Å². The van der Waals surface area contributed by atoms with E-state index in [2.05, 4.69) is 10.2 Å². The first kappa shape index (κ1) is 24.8. The van der Waals surface area contributed by atoms with Crippen molar-refractivity contribution in [2.24, 2.45) is 0 Å². The van der Waals surface area contributed by atoms with Crippen LogP contribution in [-0.2, 0) is 14.3 Å². The molecule has 0 bridgehead atoms. The summed E-state index contributed by atoms with van der Waals surface area (Å²) in [6.07, 6.45) is 0. The van der Waals surface area contributed by atoms with Crippen LogP contribution >= 0.6 is 23.2 Å². The average molecular weight is 510 g/mol. The van der Waals surface area contributed by atoms with Gasteiger partial charge in [-0.1, -0.05) is 29.3 Å². The Labute approximate surface area is 209 Å². The summed E-state index contributed by atoms with van der Waals surface area (Å²) in [5.74, 6) is -0.362. The minimum atomic E-state index is -0.702. The fourth-order valence-corrected chi connectivity index (χ4v) is 5.20. The average Bonchev–Trinajstić information content (AvgIpc) is 3.13. The fraction of sp³-hybridized carbons (Fsp3) is 0.522. The van der Waals surface area contributed by atoms with E-state index in [-0.39, 0.29) is 30.9 Å². The van der Waals surface area contributed by atoms with Crippen LogP contribution in [0.2, 0.25) is 10.0 Å². The number of methoxy groups -OCH3 is 1. The molecule has 1 saturated heterocycles. The van der Waals surface area contributed by atoms with Crippen LogP contribution in [0.5, 0.6) is 0 Å². The first-order chi connectivity index (χ1) is 16.3. The normalized spacial score (nSPS) is 21.3. The molecule has 3 heterocycles. The third-order valence-corrected chi connectivity index (χ3v) is 7.11. The zero-order valence-corrected chi connectivity index (χ0v) is 20.9. The second-order valence-electron chi connectivity index (χ2n) is 8.53. The summed E-state index contributed by atoms with van der Waals surface area (Å²) in [4.78, 5) is 46.4. The number of hydrogen-bond acceptors (Lipinski definition) is 5. The summed E-state index contributed by atoms with van der Waals surface area (Å²) < 4.78 is 5.13. The van der Waals surface area contributed by atoms with Gasteiger partial charge in [-0.2, -0.15) is 0 Å². The van der Waals surface area contributed by atoms with E-state index in [0.29, 0.717) is 53.1 Å². The summed E-state index contributed by atoms with van der Waals surface area (Å²) in [5, 5.41) is 3.73. The van der Waals surface area contributed by atoms with E-state index in [1.165, 1.54) is 4.90 Å². The third-order valence-electron chi connectivity index (χ3n) is 6.55. The second-order valence-corrected chi connectivity index (χ2v) is 9.37. The molecular formula is C23H29Cl2N5O4. The minimum Gasteiger partial charge on any atom is -0.383 e. The zero-order chi connectivity index (χ0) is 24.4. The standard InChI is InChI=1S/C23H29Cl2N5O4/c1-3-30-18-13-29(14-19(31)28-8-6-27(7-9-28)10-11-34-2)22(32)20(18)21(26-23(30)33)16-5-4-15(24)12-17(16)25/h4-5,12,21H,3,6-11,13-14H2,1-2H3,(H,26,33)/t21-/m0/s1. The number of hydrogen-bond donors (Lipinski definition) is 1. The van der Waals surface area contributed by atoms with Crippen molar-refractivity contribution in [1.82, 2.24) is 24.9 Å². The highest BCUT2D eigenvalue weighted by atomic mass is 35.5.